The first-order valence-corrected chi connectivity index (χ1v) is 6.29. The lowest BCUT2D eigenvalue weighted by Crippen LogP contribution is -2.52. The minimum Gasteiger partial charge on any atom is -0.375 e. The summed E-state index contributed by atoms with van der Waals surface area (Å²) in [4.78, 5) is 4.04. The second kappa shape index (κ2) is 5.87. The molecule has 0 spiro atoms. The summed E-state index contributed by atoms with van der Waals surface area (Å²) in [6.07, 6.45) is 3.94. The molecule has 0 aromatic heterocycles. The zero-order valence-corrected chi connectivity index (χ0v) is 10.8. The van der Waals surface area contributed by atoms with Gasteiger partial charge in [0.05, 0.1) is 19.0 Å². The SMILES string of the molecule is C=CCCCN(C)c1ccc(N2CNC2)c(F)c1. The minimum atomic E-state index is -0.149. The van der Waals surface area contributed by atoms with Crippen molar-refractivity contribution in [3.05, 3.63) is 36.7 Å². The van der Waals surface area contributed by atoms with E-state index in [1.165, 1.54) is 0 Å². The fourth-order valence-corrected chi connectivity index (χ4v) is 1.99. The third kappa shape index (κ3) is 2.82. The largest absolute Gasteiger partial charge is 0.375 e. The molecule has 4 heteroatoms. The predicted octanol–water partition coefficient (Wildman–Crippen LogP) is 2.55. The summed E-state index contributed by atoms with van der Waals surface area (Å²) in [6, 6.07) is 5.45. The Labute approximate surface area is 108 Å². The standard InChI is InChI=1S/C14H20FN3/c1-3-4-5-8-17(2)12-6-7-14(13(15)9-12)18-10-16-11-18/h3,6-7,9,16H,1,4-5,8,10-11H2,2H3. The third-order valence-electron chi connectivity index (χ3n) is 3.22. The molecule has 0 amide bonds. The quantitative estimate of drug-likeness (QED) is 0.617. The Morgan fingerprint density at radius 1 is 1.50 bits per heavy atom. The Hall–Kier alpha value is -1.55. The lowest BCUT2D eigenvalue weighted by molar-refractivity contribution is 0.507. The smallest absolute Gasteiger partial charge is 0.148 e. The molecule has 0 unspecified atom stereocenters. The van der Waals surface area contributed by atoms with Crippen LogP contribution in [0, 0.1) is 5.82 Å². The molecule has 0 aliphatic carbocycles. The molecule has 0 bridgehead atoms. The van der Waals surface area contributed by atoms with E-state index in [9.17, 15) is 4.39 Å². The summed E-state index contributed by atoms with van der Waals surface area (Å²) in [7, 11) is 1.99. The molecule has 0 atom stereocenters. The Kier molecular flexibility index (Phi) is 4.20. The highest BCUT2D eigenvalue weighted by atomic mass is 19.1. The van der Waals surface area contributed by atoms with E-state index in [1.807, 2.05) is 30.2 Å². The van der Waals surface area contributed by atoms with E-state index >= 15 is 0 Å². The van der Waals surface area contributed by atoms with E-state index in [2.05, 4.69) is 16.8 Å². The molecule has 1 aromatic carbocycles. The molecule has 1 aromatic rings. The summed E-state index contributed by atoms with van der Waals surface area (Å²) >= 11 is 0. The predicted molar refractivity (Wildman–Crippen MR) is 74.4 cm³/mol. The Bertz CT molecular complexity index is 416. The molecule has 3 nitrogen and oxygen atoms in total. The fraction of sp³-hybridized carbons (Fsp3) is 0.429. The van der Waals surface area contributed by atoms with Gasteiger partial charge in [-0.15, -0.1) is 6.58 Å². The maximum atomic E-state index is 14.0. The van der Waals surface area contributed by atoms with Crippen LogP contribution < -0.4 is 15.1 Å². The van der Waals surface area contributed by atoms with Gasteiger partial charge in [0.25, 0.3) is 0 Å². The van der Waals surface area contributed by atoms with Crippen molar-refractivity contribution in [3.8, 4) is 0 Å². The maximum Gasteiger partial charge on any atom is 0.148 e. The van der Waals surface area contributed by atoms with Crippen LogP contribution in [0.1, 0.15) is 12.8 Å². The van der Waals surface area contributed by atoms with E-state index in [0.29, 0.717) is 5.69 Å². The number of halogens is 1. The van der Waals surface area contributed by atoms with Crippen LogP contribution in [0.4, 0.5) is 15.8 Å². The molecule has 1 heterocycles. The van der Waals surface area contributed by atoms with Crippen molar-refractivity contribution in [3.63, 3.8) is 0 Å². The summed E-state index contributed by atoms with van der Waals surface area (Å²) < 4.78 is 14.0. The van der Waals surface area contributed by atoms with Gasteiger partial charge in [-0.1, -0.05) is 6.08 Å². The van der Waals surface area contributed by atoms with Crippen molar-refractivity contribution < 1.29 is 4.39 Å². The Morgan fingerprint density at radius 2 is 2.28 bits per heavy atom. The van der Waals surface area contributed by atoms with Crippen molar-refractivity contribution >= 4 is 11.4 Å². The molecule has 0 radical (unpaired) electrons. The topological polar surface area (TPSA) is 18.5 Å². The lowest BCUT2D eigenvalue weighted by atomic mass is 10.2. The number of nitrogens with zero attached hydrogens (tertiary/aromatic N) is 2. The Morgan fingerprint density at radius 3 is 2.83 bits per heavy atom. The van der Waals surface area contributed by atoms with Crippen LogP contribution >= 0.6 is 0 Å². The molecule has 0 saturated carbocycles. The van der Waals surface area contributed by atoms with Crippen LogP contribution in [0.25, 0.3) is 0 Å². The highest BCUT2D eigenvalue weighted by Crippen LogP contribution is 2.25. The van der Waals surface area contributed by atoms with Crippen molar-refractivity contribution in [1.29, 1.82) is 0 Å². The van der Waals surface area contributed by atoms with Crippen LogP contribution in [0.15, 0.2) is 30.9 Å². The molecule has 1 N–H and O–H groups in total. The van der Waals surface area contributed by atoms with Gasteiger partial charge >= 0.3 is 0 Å². The molecule has 98 valence electrons. The highest BCUT2D eigenvalue weighted by molar-refractivity contribution is 5.57. The molecule has 1 saturated heterocycles. The van der Waals surface area contributed by atoms with Gasteiger partial charge in [0.1, 0.15) is 5.82 Å². The first kappa shape index (κ1) is 12.9. The van der Waals surface area contributed by atoms with Gasteiger partial charge in [-0.25, -0.2) is 4.39 Å². The van der Waals surface area contributed by atoms with Gasteiger partial charge < -0.3 is 9.80 Å². The number of hydrogen-bond acceptors (Lipinski definition) is 3. The van der Waals surface area contributed by atoms with Crippen molar-refractivity contribution in [2.75, 3.05) is 36.7 Å². The normalized spacial score (nSPS) is 14.2. The Balaban J connectivity index is 2.00. The fourth-order valence-electron chi connectivity index (χ4n) is 1.99. The number of benzene rings is 1. The zero-order valence-electron chi connectivity index (χ0n) is 10.8. The summed E-state index contributed by atoms with van der Waals surface area (Å²) in [5, 5.41) is 3.10. The molecule has 2 rings (SSSR count). The summed E-state index contributed by atoms with van der Waals surface area (Å²) in [6.45, 7) is 6.07. The number of allylic oxidation sites excluding steroid dienone is 1. The van der Waals surface area contributed by atoms with Crippen molar-refractivity contribution in [1.82, 2.24) is 5.32 Å². The summed E-state index contributed by atoms with van der Waals surface area (Å²) in [5.41, 5.74) is 1.60. The van der Waals surface area contributed by atoms with Crippen LogP contribution in [0.2, 0.25) is 0 Å². The molecule has 1 fully saturated rings. The van der Waals surface area contributed by atoms with Crippen LogP contribution in [0.3, 0.4) is 0 Å². The monoisotopic (exact) mass is 249 g/mol. The average molecular weight is 249 g/mol. The van der Waals surface area contributed by atoms with E-state index in [0.717, 1.165) is 38.4 Å². The van der Waals surface area contributed by atoms with Crippen LogP contribution in [0.5, 0.6) is 0 Å². The lowest BCUT2D eigenvalue weighted by Gasteiger charge is -2.34. The zero-order chi connectivity index (χ0) is 13.0. The first-order valence-electron chi connectivity index (χ1n) is 6.29. The van der Waals surface area contributed by atoms with E-state index in [1.54, 1.807) is 6.07 Å². The first-order chi connectivity index (χ1) is 8.72. The van der Waals surface area contributed by atoms with Gasteiger partial charge in [-0.05, 0) is 31.0 Å². The number of anilines is 2. The number of rotatable bonds is 6. The molecule has 1 aliphatic heterocycles. The molecular weight excluding hydrogens is 229 g/mol. The molecule has 18 heavy (non-hydrogen) atoms. The average Bonchev–Trinajstić information content (AvgIpc) is 2.29. The van der Waals surface area contributed by atoms with E-state index in [-0.39, 0.29) is 5.82 Å². The second-order valence-electron chi connectivity index (χ2n) is 4.59. The third-order valence-corrected chi connectivity index (χ3v) is 3.22. The van der Waals surface area contributed by atoms with E-state index < -0.39 is 0 Å². The van der Waals surface area contributed by atoms with Gasteiger partial charge in [0, 0.05) is 19.3 Å². The molecular formula is C14H20FN3. The van der Waals surface area contributed by atoms with Gasteiger partial charge in [0.2, 0.25) is 0 Å². The maximum absolute atomic E-state index is 14.0. The second-order valence-corrected chi connectivity index (χ2v) is 4.59. The number of nitrogens with one attached hydrogen (secondary N) is 1. The van der Waals surface area contributed by atoms with Gasteiger partial charge in [-0.3, -0.25) is 5.32 Å². The number of hydrogen-bond donors (Lipinski definition) is 1. The van der Waals surface area contributed by atoms with Crippen LogP contribution in [-0.4, -0.2) is 26.9 Å². The summed E-state index contributed by atoms with van der Waals surface area (Å²) in [5.74, 6) is -0.149. The number of unbranched alkanes of at least 4 members (excludes halogenated alkanes) is 1. The highest BCUT2D eigenvalue weighted by Gasteiger charge is 2.17. The van der Waals surface area contributed by atoms with Gasteiger partial charge in [0.15, 0.2) is 0 Å². The van der Waals surface area contributed by atoms with Crippen molar-refractivity contribution in [2.45, 2.75) is 12.8 Å². The van der Waals surface area contributed by atoms with Crippen molar-refractivity contribution in [2.24, 2.45) is 0 Å². The molecule has 1 aliphatic rings. The van der Waals surface area contributed by atoms with Crippen LogP contribution in [-0.2, 0) is 0 Å². The van der Waals surface area contributed by atoms with E-state index in [4.69, 9.17) is 0 Å². The minimum absolute atomic E-state index is 0.149. The van der Waals surface area contributed by atoms with Gasteiger partial charge in [-0.2, -0.15) is 0 Å².